The summed E-state index contributed by atoms with van der Waals surface area (Å²) in [6, 6.07) is 13.2. The predicted molar refractivity (Wildman–Crippen MR) is 145 cm³/mol. The highest BCUT2D eigenvalue weighted by Gasteiger charge is 2.29. The second-order valence-corrected chi connectivity index (χ2v) is 11.9. The van der Waals surface area contributed by atoms with E-state index in [0.29, 0.717) is 27.7 Å². The summed E-state index contributed by atoms with van der Waals surface area (Å²) in [6.07, 6.45) is 5.56. The van der Waals surface area contributed by atoms with E-state index in [1.165, 1.54) is 9.21 Å². The zero-order chi connectivity index (χ0) is 26.3. The molecule has 2 amide bonds. The molecular weight excluding hydrogens is 521 g/mol. The number of nitrogens with zero attached hydrogens (tertiary/aromatic N) is 2. The summed E-state index contributed by atoms with van der Waals surface area (Å²) in [6.45, 7) is 1.99. The van der Waals surface area contributed by atoms with Gasteiger partial charge in [0.1, 0.15) is 6.04 Å². The van der Waals surface area contributed by atoms with Gasteiger partial charge in [0.05, 0.1) is 11.9 Å². The highest BCUT2D eigenvalue weighted by atomic mass is 35.5. The molecule has 36 heavy (non-hydrogen) atoms. The topological polar surface area (TPSA) is 86.8 Å². The molecule has 3 rings (SSSR count). The van der Waals surface area contributed by atoms with E-state index in [-0.39, 0.29) is 37.4 Å². The first-order valence-electron chi connectivity index (χ1n) is 12.1. The third kappa shape index (κ3) is 7.85. The number of anilines is 1. The highest BCUT2D eigenvalue weighted by molar-refractivity contribution is 7.92. The number of para-hydroxylation sites is 1. The van der Waals surface area contributed by atoms with Gasteiger partial charge in [0.2, 0.25) is 21.8 Å². The smallest absolute Gasteiger partial charge is 0.242 e. The number of halogens is 2. The second kappa shape index (κ2) is 12.8. The van der Waals surface area contributed by atoms with Crippen LogP contribution in [-0.4, -0.2) is 50.0 Å². The van der Waals surface area contributed by atoms with Crippen molar-refractivity contribution in [3.8, 4) is 0 Å². The van der Waals surface area contributed by atoms with E-state index in [1.807, 2.05) is 6.07 Å². The molecule has 1 unspecified atom stereocenters. The number of nitrogens with one attached hydrogen (secondary N) is 1. The van der Waals surface area contributed by atoms with Gasteiger partial charge in [-0.1, -0.05) is 60.3 Å². The average molecular weight is 555 g/mol. The molecule has 1 aliphatic rings. The van der Waals surface area contributed by atoms with Gasteiger partial charge in [0.25, 0.3) is 0 Å². The summed E-state index contributed by atoms with van der Waals surface area (Å²) in [7, 11) is -3.52. The maximum absolute atomic E-state index is 13.4. The Morgan fingerprint density at radius 1 is 1.08 bits per heavy atom. The van der Waals surface area contributed by atoms with Gasteiger partial charge in [0.15, 0.2) is 0 Å². The Kier molecular flexibility index (Phi) is 10.0. The van der Waals surface area contributed by atoms with Crippen molar-refractivity contribution >= 4 is 50.7 Å². The van der Waals surface area contributed by atoms with E-state index in [9.17, 15) is 18.0 Å². The van der Waals surface area contributed by atoms with Crippen LogP contribution in [0.15, 0.2) is 48.5 Å². The normalized spacial score (nSPS) is 14.9. The molecule has 0 aromatic heterocycles. The zero-order valence-electron chi connectivity index (χ0n) is 20.6. The van der Waals surface area contributed by atoms with Crippen LogP contribution in [-0.2, 0) is 26.2 Å². The fourth-order valence-corrected chi connectivity index (χ4v) is 5.84. The van der Waals surface area contributed by atoms with Crippen LogP contribution in [0.3, 0.4) is 0 Å². The number of hydrogen-bond donors (Lipinski definition) is 1. The lowest BCUT2D eigenvalue weighted by atomic mass is 10.1. The quantitative estimate of drug-likeness (QED) is 0.423. The maximum atomic E-state index is 13.4. The number of rotatable bonds is 11. The summed E-state index contributed by atoms with van der Waals surface area (Å²) in [5, 5.41) is 3.96. The van der Waals surface area contributed by atoms with E-state index in [0.717, 1.165) is 31.9 Å². The molecule has 0 aliphatic heterocycles. The summed E-state index contributed by atoms with van der Waals surface area (Å²) < 4.78 is 26.0. The van der Waals surface area contributed by atoms with Crippen molar-refractivity contribution in [2.24, 2.45) is 0 Å². The molecule has 1 saturated carbocycles. The van der Waals surface area contributed by atoms with Crippen LogP contribution in [0, 0.1) is 0 Å². The van der Waals surface area contributed by atoms with Gasteiger partial charge in [-0.3, -0.25) is 13.9 Å². The van der Waals surface area contributed by atoms with E-state index < -0.39 is 16.1 Å². The third-order valence-corrected chi connectivity index (χ3v) is 8.20. The summed E-state index contributed by atoms with van der Waals surface area (Å²) in [4.78, 5) is 27.9. The van der Waals surface area contributed by atoms with Crippen molar-refractivity contribution in [3.63, 3.8) is 0 Å². The third-order valence-electron chi connectivity index (χ3n) is 6.42. The minimum atomic E-state index is -3.52. The lowest BCUT2D eigenvalue weighted by Crippen LogP contribution is -2.49. The van der Waals surface area contributed by atoms with E-state index in [4.69, 9.17) is 23.2 Å². The molecule has 7 nitrogen and oxygen atoms in total. The van der Waals surface area contributed by atoms with Crippen LogP contribution < -0.4 is 9.62 Å². The molecule has 0 radical (unpaired) electrons. The lowest BCUT2D eigenvalue weighted by Gasteiger charge is -2.30. The fraction of sp³-hybridized carbons (Fsp3) is 0.462. The van der Waals surface area contributed by atoms with Crippen molar-refractivity contribution in [2.75, 3.05) is 17.1 Å². The Hall–Kier alpha value is -2.29. The Morgan fingerprint density at radius 2 is 1.75 bits per heavy atom. The molecule has 10 heteroatoms. The fourth-order valence-electron chi connectivity index (χ4n) is 4.41. The summed E-state index contributed by atoms with van der Waals surface area (Å²) >= 11 is 12.4. The van der Waals surface area contributed by atoms with Crippen molar-refractivity contribution in [3.05, 3.63) is 64.1 Å². The zero-order valence-corrected chi connectivity index (χ0v) is 23.0. The molecule has 2 aromatic carbocycles. The van der Waals surface area contributed by atoms with Crippen molar-refractivity contribution in [2.45, 2.75) is 64.1 Å². The Labute approximate surface area is 223 Å². The molecule has 1 atom stereocenters. The predicted octanol–water partition coefficient (Wildman–Crippen LogP) is 5.02. The Morgan fingerprint density at radius 3 is 2.36 bits per heavy atom. The first-order chi connectivity index (χ1) is 17.1. The second-order valence-electron chi connectivity index (χ2n) is 9.20. The van der Waals surface area contributed by atoms with Gasteiger partial charge in [-0.05, 0) is 56.0 Å². The van der Waals surface area contributed by atoms with Crippen molar-refractivity contribution in [1.29, 1.82) is 0 Å². The van der Waals surface area contributed by atoms with Crippen LogP contribution in [0.1, 0.15) is 51.0 Å². The van der Waals surface area contributed by atoms with Crippen LogP contribution in [0.4, 0.5) is 5.69 Å². The number of sulfonamides is 1. The number of hydrogen-bond acceptors (Lipinski definition) is 4. The largest absolute Gasteiger partial charge is 0.352 e. The molecule has 196 valence electrons. The molecule has 1 fully saturated rings. The van der Waals surface area contributed by atoms with E-state index in [1.54, 1.807) is 49.4 Å². The van der Waals surface area contributed by atoms with Crippen LogP contribution in [0.25, 0.3) is 0 Å². The van der Waals surface area contributed by atoms with Gasteiger partial charge in [-0.25, -0.2) is 8.42 Å². The SMILES string of the molecule is CC(C(=O)NC1CCCC1)N(Cc1ccc(Cl)cc1Cl)C(=O)CCCN(c1ccccc1)S(C)(=O)=O. The van der Waals surface area contributed by atoms with Crippen molar-refractivity contribution in [1.82, 2.24) is 10.2 Å². The monoisotopic (exact) mass is 553 g/mol. The molecule has 1 N–H and O–H groups in total. The molecule has 0 heterocycles. The first kappa shape index (κ1) is 28.3. The molecule has 1 aliphatic carbocycles. The van der Waals surface area contributed by atoms with Gasteiger partial charge in [0, 0.05) is 35.6 Å². The van der Waals surface area contributed by atoms with E-state index >= 15 is 0 Å². The minimum absolute atomic E-state index is 0.0745. The number of amides is 2. The lowest BCUT2D eigenvalue weighted by molar-refractivity contribution is -0.140. The maximum Gasteiger partial charge on any atom is 0.242 e. The molecule has 0 bridgehead atoms. The average Bonchev–Trinajstić information content (AvgIpc) is 3.33. The summed E-state index contributed by atoms with van der Waals surface area (Å²) in [5.74, 6) is -0.459. The number of carbonyl (C=O) groups excluding carboxylic acids is 2. The van der Waals surface area contributed by atoms with Crippen LogP contribution in [0.2, 0.25) is 10.0 Å². The minimum Gasteiger partial charge on any atom is -0.352 e. The number of carbonyl (C=O) groups is 2. The molecule has 0 spiro atoms. The van der Waals surface area contributed by atoms with Crippen LogP contribution in [0.5, 0.6) is 0 Å². The number of benzene rings is 2. The summed E-state index contributed by atoms with van der Waals surface area (Å²) in [5.41, 5.74) is 1.22. The van der Waals surface area contributed by atoms with E-state index in [2.05, 4.69) is 5.32 Å². The Balaban J connectivity index is 1.73. The molecule has 0 saturated heterocycles. The highest BCUT2D eigenvalue weighted by Crippen LogP contribution is 2.25. The molecular formula is C26H33Cl2N3O4S. The molecule has 2 aromatic rings. The van der Waals surface area contributed by atoms with Gasteiger partial charge < -0.3 is 10.2 Å². The standard InChI is InChI=1S/C26H33Cl2N3O4S/c1-19(26(33)29-22-9-6-7-10-22)30(18-20-14-15-21(27)17-24(20)28)25(32)13-8-16-31(36(2,34)35)23-11-4-3-5-12-23/h3-5,11-12,14-15,17,19,22H,6-10,13,16,18H2,1-2H3,(H,29,33). The van der Waals surface area contributed by atoms with Gasteiger partial charge in [-0.15, -0.1) is 0 Å². The van der Waals surface area contributed by atoms with Crippen LogP contribution >= 0.6 is 23.2 Å². The van der Waals surface area contributed by atoms with Crippen molar-refractivity contribution < 1.29 is 18.0 Å². The Bertz CT molecular complexity index is 1160. The van der Waals surface area contributed by atoms with Gasteiger partial charge in [-0.2, -0.15) is 0 Å². The first-order valence-corrected chi connectivity index (χ1v) is 14.7. The van der Waals surface area contributed by atoms with Gasteiger partial charge >= 0.3 is 0 Å².